The van der Waals surface area contributed by atoms with E-state index >= 15 is 0 Å². The van der Waals surface area contributed by atoms with Crippen molar-refractivity contribution >= 4 is 11.8 Å². The van der Waals surface area contributed by atoms with Crippen molar-refractivity contribution in [1.29, 1.82) is 0 Å². The van der Waals surface area contributed by atoms with Crippen LogP contribution < -0.4 is 14.8 Å². The third kappa shape index (κ3) is 2.61. The first-order valence-electron chi connectivity index (χ1n) is 7.78. The van der Waals surface area contributed by atoms with E-state index in [0.717, 1.165) is 0 Å². The molecule has 7 heteroatoms. The SMILES string of the molecule is O=C1N[C@@H]2COC[C@H]1CN(C(=O)c1cccc3c1OCCO3)C2. The Morgan fingerprint density at radius 3 is 2.96 bits per heavy atom. The lowest BCUT2D eigenvalue weighted by atomic mass is 10.1. The molecular weight excluding hydrogens is 300 g/mol. The summed E-state index contributed by atoms with van der Waals surface area (Å²) >= 11 is 0. The maximum absolute atomic E-state index is 13.0. The molecule has 1 aromatic rings. The van der Waals surface area contributed by atoms with E-state index < -0.39 is 0 Å². The number of nitrogens with one attached hydrogen (secondary N) is 1. The summed E-state index contributed by atoms with van der Waals surface area (Å²) in [6.45, 7) is 2.47. The van der Waals surface area contributed by atoms with Gasteiger partial charge in [-0.25, -0.2) is 0 Å². The molecule has 2 atom stereocenters. The van der Waals surface area contributed by atoms with Crippen LogP contribution in [0.4, 0.5) is 0 Å². The summed E-state index contributed by atoms with van der Waals surface area (Å²) in [5.74, 6) is 0.574. The van der Waals surface area contributed by atoms with E-state index in [1.807, 2.05) is 0 Å². The van der Waals surface area contributed by atoms with Crippen LogP contribution in [-0.2, 0) is 9.53 Å². The Morgan fingerprint density at radius 2 is 2.04 bits per heavy atom. The van der Waals surface area contributed by atoms with Crippen LogP contribution in [0.15, 0.2) is 18.2 Å². The Kier molecular flexibility index (Phi) is 3.57. The zero-order valence-electron chi connectivity index (χ0n) is 12.6. The highest BCUT2D eigenvalue weighted by molar-refractivity contribution is 5.98. The van der Waals surface area contributed by atoms with Crippen molar-refractivity contribution in [3.8, 4) is 11.5 Å². The molecule has 0 aliphatic carbocycles. The van der Waals surface area contributed by atoms with Crippen LogP contribution in [0.3, 0.4) is 0 Å². The van der Waals surface area contributed by atoms with E-state index in [-0.39, 0.29) is 23.8 Å². The van der Waals surface area contributed by atoms with Crippen LogP contribution in [0, 0.1) is 5.92 Å². The lowest BCUT2D eigenvalue weighted by molar-refractivity contribution is -0.125. The van der Waals surface area contributed by atoms with E-state index in [1.54, 1.807) is 23.1 Å². The molecular formula is C16H18N2O5. The number of ether oxygens (including phenoxy) is 3. The molecule has 2 amide bonds. The highest BCUT2D eigenvalue weighted by atomic mass is 16.6. The first-order valence-corrected chi connectivity index (χ1v) is 7.78. The summed E-state index contributed by atoms with van der Waals surface area (Å²) in [6, 6.07) is 5.14. The monoisotopic (exact) mass is 318 g/mol. The van der Waals surface area contributed by atoms with Gasteiger partial charge in [-0.15, -0.1) is 0 Å². The van der Waals surface area contributed by atoms with Crippen molar-refractivity contribution < 1.29 is 23.8 Å². The minimum absolute atomic E-state index is 0.0440. The van der Waals surface area contributed by atoms with Crippen molar-refractivity contribution in [2.75, 3.05) is 39.5 Å². The minimum atomic E-state index is -0.330. The molecule has 2 saturated heterocycles. The van der Waals surface area contributed by atoms with Crippen molar-refractivity contribution in [2.45, 2.75) is 6.04 Å². The molecule has 2 fully saturated rings. The van der Waals surface area contributed by atoms with Gasteiger partial charge in [0.15, 0.2) is 11.5 Å². The van der Waals surface area contributed by atoms with Gasteiger partial charge in [-0.2, -0.15) is 0 Å². The number of carbonyl (C=O) groups excluding carboxylic acids is 2. The molecule has 4 rings (SSSR count). The second-order valence-electron chi connectivity index (χ2n) is 5.98. The molecule has 0 spiro atoms. The quantitative estimate of drug-likeness (QED) is 0.791. The van der Waals surface area contributed by atoms with Crippen molar-refractivity contribution in [3.63, 3.8) is 0 Å². The number of carbonyl (C=O) groups is 2. The fourth-order valence-corrected chi connectivity index (χ4v) is 3.21. The number of nitrogens with zero attached hydrogens (tertiary/aromatic N) is 1. The normalized spacial score (nSPS) is 26.3. The second-order valence-corrected chi connectivity index (χ2v) is 5.98. The van der Waals surface area contributed by atoms with Gasteiger partial charge in [-0.05, 0) is 12.1 Å². The standard InChI is InChI=1S/C16H18N2O5/c19-15-10-6-18(7-11(17-15)9-21-8-10)16(20)12-2-1-3-13-14(12)23-5-4-22-13/h1-3,10-11H,4-9H2,(H,17,19)/t10-,11+/m1/s1. The summed E-state index contributed by atoms with van der Waals surface area (Å²) in [4.78, 5) is 26.7. The fraction of sp³-hybridized carbons (Fsp3) is 0.500. The lowest BCUT2D eigenvalue weighted by Crippen LogP contribution is -2.44. The summed E-state index contributed by atoms with van der Waals surface area (Å²) in [5, 5.41) is 2.93. The molecule has 0 saturated carbocycles. The molecule has 7 nitrogen and oxygen atoms in total. The van der Waals surface area contributed by atoms with E-state index in [4.69, 9.17) is 14.2 Å². The minimum Gasteiger partial charge on any atom is -0.486 e. The number of benzene rings is 1. The Labute approximate surface area is 133 Å². The van der Waals surface area contributed by atoms with Gasteiger partial charge >= 0.3 is 0 Å². The van der Waals surface area contributed by atoms with Crippen molar-refractivity contribution in [3.05, 3.63) is 23.8 Å². The zero-order valence-corrected chi connectivity index (χ0v) is 12.6. The Balaban J connectivity index is 1.63. The third-order valence-electron chi connectivity index (χ3n) is 4.32. The van der Waals surface area contributed by atoms with E-state index in [2.05, 4.69) is 5.32 Å². The summed E-state index contributed by atoms with van der Waals surface area (Å²) in [6.07, 6.45) is 0. The zero-order chi connectivity index (χ0) is 15.8. The molecule has 3 aliphatic rings. The smallest absolute Gasteiger partial charge is 0.257 e. The number of hydrogen-bond acceptors (Lipinski definition) is 5. The van der Waals surface area contributed by atoms with Gasteiger partial charge in [0.2, 0.25) is 5.91 Å². The lowest BCUT2D eigenvalue weighted by Gasteiger charge is -2.29. The number of para-hydroxylation sites is 1. The molecule has 2 bridgehead atoms. The summed E-state index contributed by atoms with van der Waals surface area (Å²) in [7, 11) is 0. The molecule has 1 aromatic carbocycles. The molecule has 23 heavy (non-hydrogen) atoms. The van der Waals surface area contributed by atoms with Gasteiger partial charge in [-0.3, -0.25) is 9.59 Å². The van der Waals surface area contributed by atoms with Crippen molar-refractivity contribution in [2.24, 2.45) is 5.92 Å². The Morgan fingerprint density at radius 1 is 1.17 bits per heavy atom. The summed E-state index contributed by atoms with van der Waals surface area (Å²) < 4.78 is 16.7. The summed E-state index contributed by atoms with van der Waals surface area (Å²) in [5.41, 5.74) is 0.482. The number of fused-ring (bicyclic) bond motifs is 4. The van der Waals surface area contributed by atoms with Gasteiger partial charge in [0.25, 0.3) is 5.91 Å². The number of rotatable bonds is 1. The second kappa shape index (κ2) is 5.73. The van der Waals surface area contributed by atoms with Crippen LogP contribution in [0.1, 0.15) is 10.4 Å². The van der Waals surface area contributed by atoms with Crippen LogP contribution >= 0.6 is 0 Å². The maximum atomic E-state index is 13.0. The van der Waals surface area contributed by atoms with E-state index in [0.29, 0.717) is 56.6 Å². The van der Waals surface area contributed by atoms with Gasteiger partial charge in [0.05, 0.1) is 30.7 Å². The van der Waals surface area contributed by atoms with E-state index in [9.17, 15) is 9.59 Å². The number of amides is 2. The third-order valence-corrected chi connectivity index (χ3v) is 4.32. The predicted molar refractivity (Wildman–Crippen MR) is 79.6 cm³/mol. The number of hydrogen-bond donors (Lipinski definition) is 1. The average molecular weight is 318 g/mol. The molecule has 1 N–H and O–H groups in total. The van der Waals surface area contributed by atoms with Gasteiger partial charge < -0.3 is 24.4 Å². The Bertz CT molecular complexity index is 647. The molecule has 122 valence electrons. The van der Waals surface area contributed by atoms with Crippen LogP contribution in [-0.4, -0.2) is 62.3 Å². The van der Waals surface area contributed by atoms with Crippen molar-refractivity contribution in [1.82, 2.24) is 10.2 Å². The van der Waals surface area contributed by atoms with E-state index in [1.165, 1.54) is 0 Å². The highest BCUT2D eigenvalue weighted by Gasteiger charge is 2.36. The van der Waals surface area contributed by atoms with Crippen LogP contribution in [0.2, 0.25) is 0 Å². The van der Waals surface area contributed by atoms with Gasteiger partial charge in [-0.1, -0.05) is 6.07 Å². The fourth-order valence-electron chi connectivity index (χ4n) is 3.21. The van der Waals surface area contributed by atoms with Gasteiger partial charge in [0.1, 0.15) is 13.2 Å². The molecule has 3 heterocycles. The Hall–Kier alpha value is -2.28. The molecule has 3 aliphatic heterocycles. The predicted octanol–water partition coefficient (Wildman–Crippen LogP) is 0.0448. The van der Waals surface area contributed by atoms with Crippen LogP contribution in [0.5, 0.6) is 11.5 Å². The highest BCUT2D eigenvalue weighted by Crippen LogP contribution is 2.34. The first kappa shape index (κ1) is 14.3. The van der Waals surface area contributed by atoms with Crippen LogP contribution in [0.25, 0.3) is 0 Å². The maximum Gasteiger partial charge on any atom is 0.257 e. The first-order chi connectivity index (χ1) is 11.2. The largest absolute Gasteiger partial charge is 0.486 e. The molecule has 0 aromatic heterocycles. The topological polar surface area (TPSA) is 77.1 Å². The average Bonchev–Trinajstić information content (AvgIpc) is 2.82. The molecule has 0 radical (unpaired) electrons. The van der Waals surface area contributed by atoms with Gasteiger partial charge in [0, 0.05) is 13.1 Å². The molecule has 0 unspecified atom stereocenters.